The summed E-state index contributed by atoms with van der Waals surface area (Å²) in [6.45, 7) is 5.15. The molecule has 0 radical (unpaired) electrons. The molecule has 7 heteroatoms. The molecular formula is C15H21N3O3S. The van der Waals surface area contributed by atoms with E-state index in [0.29, 0.717) is 5.69 Å². The van der Waals surface area contributed by atoms with E-state index in [-0.39, 0.29) is 36.1 Å². The summed E-state index contributed by atoms with van der Waals surface area (Å²) in [7, 11) is 0. The van der Waals surface area contributed by atoms with Gasteiger partial charge >= 0.3 is 0 Å². The molecule has 0 aliphatic heterocycles. The third-order valence-electron chi connectivity index (χ3n) is 2.44. The fourth-order valence-electron chi connectivity index (χ4n) is 1.59. The van der Waals surface area contributed by atoms with Crippen LogP contribution in [0, 0.1) is 0 Å². The zero-order valence-electron chi connectivity index (χ0n) is 12.9. The molecule has 120 valence electrons. The van der Waals surface area contributed by atoms with Gasteiger partial charge in [0, 0.05) is 23.5 Å². The minimum absolute atomic E-state index is 0.0148. The molecule has 22 heavy (non-hydrogen) atoms. The van der Waals surface area contributed by atoms with Gasteiger partial charge in [0.25, 0.3) is 0 Å². The van der Waals surface area contributed by atoms with E-state index in [1.165, 1.54) is 18.7 Å². The van der Waals surface area contributed by atoms with Gasteiger partial charge in [0.05, 0.1) is 12.3 Å². The lowest BCUT2D eigenvalue weighted by molar-refractivity contribution is -0.125. The monoisotopic (exact) mass is 323 g/mol. The van der Waals surface area contributed by atoms with Gasteiger partial charge in [-0.1, -0.05) is 0 Å². The Morgan fingerprint density at radius 3 is 2.27 bits per heavy atom. The van der Waals surface area contributed by atoms with Gasteiger partial charge in [-0.25, -0.2) is 0 Å². The van der Waals surface area contributed by atoms with Crippen LogP contribution in [0.25, 0.3) is 0 Å². The van der Waals surface area contributed by atoms with E-state index in [1.807, 2.05) is 26.0 Å². The quantitative estimate of drug-likeness (QED) is 0.662. The summed E-state index contributed by atoms with van der Waals surface area (Å²) >= 11 is 1.37. The van der Waals surface area contributed by atoms with Crippen LogP contribution in [0.15, 0.2) is 29.2 Å². The molecule has 0 atom stereocenters. The number of carbonyl (C=O) groups is 3. The van der Waals surface area contributed by atoms with Gasteiger partial charge in [-0.2, -0.15) is 0 Å². The Morgan fingerprint density at radius 2 is 1.73 bits per heavy atom. The molecular weight excluding hydrogens is 302 g/mol. The number of hydrogen-bond acceptors (Lipinski definition) is 4. The molecule has 0 spiro atoms. The molecule has 0 saturated carbocycles. The first kappa shape index (κ1) is 18.0. The van der Waals surface area contributed by atoms with Crippen LogP contribution in [-0.4, -0.2) is 36.1 Å². The van der Waals surface area contributed by atoms with Gasteiger partial charge in [0.15, 0.2) is 0 Å². The molecule has 0 bridgehead atoms. The smallest absolute Gasteiger partial charge is 0.239 e. The summed E-state index contributed by atoms with van der Waals surface area (Å²) in [4.78, 5) is 34.9. The van der Waals surface area contributed by atoms with Gasteiger partial charge in [0.2, 0.25) is 17.7 Å². The second-order valence-electron chi connectivity index (χ2n) is 4.99. The first-order chi connectivity index (χ1) is 10.4. The maximum absolute atomic E-state index is 11.7. The Bertz CT molecular complexity index is 529. The Hall–Kier alpha value is -2.02. The maximum atomic E-state index is 11.7. The first-order valence-electron chi connectivity index (χ1n) is 6.93. The van der Waals surface area contributed by atoms with Crippen LogP contribution in [-0.2, 0) is 14.4 Å². The van der Waals surface area contributed by atoms with Crippen LogP contribution >= 0.6 is 11.8 Å². The van der Waals surface area contributed by atoms with Crippen molar-refractivity contribution in [2.45, 2.75) is 31.7 Å². The molecule has 0 unspecified atom stereocenters. The Labute approximate surface area is 134 Å². The molecule has 3 N–H and O–H groups in total. The van der Waals surface area contributed by atoms with Gasteiger partial charge in [0.1, 0.15) is 0 Å². The predicted molar refractivity (Wildman–Crippen MR) is 87.8 cm³/mol. The van der Waals surface area contributed by atoms with Gasteiger partial charge < -0.3 is 16.0 Å². The van der Waals surface area contributed by atoms with Gasteiger partial charge in [-0.05, 0) is 38.1 Å². The van der Waals surface area contributed by atoms with E-state index in [4.69, 9.17) is 0 Å². The molecule has 6 nitrogen and oxygen atoms in total. The largest absolute Gasteiger partial charge is 0.352 e. The summed E-state index contributed by atoms with van der Waals surface area (Å²) in [6, 6.07) is 7.26. The summed E-state index contributed by atoms with van der Waals surface area (Å²) < 4.78 is 0. The van der Waals surface area contributed by atoms with E-state index in [2.05, 4.69) is 16.0 Å². The Morgan fingerprint density at radius 1 is 1.09 bits per heavy atom. The molecule has 0 aliphatic rings. The Kier molecular flexibility index (Phi) is 7.45. The number of benzene rings is 1. The maximum Gasteiger partial charge on any atom is 0.239 e. The number of anilines is 1. The van der Waals surface area contributed by atoms with Crippen molar-refractivity contribution < 1.29 is 14.4 Å². The molecule has 0 saturated heterocycles. The molecule has 1 aromatic carbocycles. The molecule has 0 aromatic heterocycles. The summed E-state index contributed by atoms with van der Waals surface area (Å²) in [5, 5.41) is 7.94. The molecule has 1 aromatic rings. The SMILES string of the molecule is CC(=O)Nc1ccc(SCC(=O)NCC(=O)NC(C)C)cc1. The highest BCUT2D eigenvalue weighted by Crippen LogP contribution is 2.19. The van der Waals surface area contributed by atoms with E-state index >= 15 is 0 Å². The number of hydrogen-bond donors (Lipinski definition) is 3. The lowest BCUT2D eigenvalue weighted by atomic mass is 10.3. The summed E-state index contributed by atoms with van der Waals surface area (Å²) in [5.41, 5.74) is 0.714. The van der Waals surface area contributed by atoms with E-state index in [9.17, 15) is 14.4 Å². The average molecular weight is 323 g/mol. The molecule has 0 aliphatic carbocycles. The van der Waals surface area contributed by atoms with Crippen LogP contribution in [0.2, 0.25) is 0 Å². The third-order valence-corrected chi connectivity index (χ3v) is 3.45. The molecule has 0 heterocycles. The summed E-state index contributed by atoms with van der Waals surface area (Å²) in [5.74, 6) is -0.295. The predicted octanol–water partition coefficient (Wildman–Crippen LogP) is 1.38. The lowest BCUT2D eigenvalue weighted by Crippen LogP contribution is -2.40. The van der Waals surface area contributed by atoms with Crippen molar-refractivity contribution in [3.05, 3.63) is 24.3 Å². The van der Waals surface area contributed by atoms with E-state index in [1.54, 1.807) is 12.1 Å². The van der Waals surface area contributed by atoms with Crippen LogP contribution in [0.4, 0.5) is 5.69 Å². The highest BCUT2D eigenvalue weighted by molar-refractivity contribution is 8.00. The van der Waals surface area contributed by atoms with Crippen molar-refractivity contribution in [1.82, 2.24) is 10.6 Å². The molecule has 1 rings (SSSR count). The second-order valence-corrected chi connectivity index (χ2v) is 6.04. The average Bonchev–Trinajstić information content (AvgIpc) is 2.43. The van der Waals surface area contributed by atoms with Crippen molar-refractivity contribution >= 4 is 35.2 Å². The van der Waals surface area contributed by atoms with E-state index in [0.717, 1.165) is 4.90 Å². The summed E-state index contributed by atoms with van der Waals surface area (Å²) in [6.07, 6.45) is 0. The normalized spacial score (nSPS) is 10.2. The van der Waals surface area contributed by atoms with E-state index < -0.39 is 0 Å². The topological polar surface area (TPSA) is 87.3 Å². The second kappa shape index (κ2) is 9.09. The van der Waals surface area contributed by atoms with Gasteiger partial charge in [-0.3, -0.25) is 14.4 Å². The zero-order valence-corrected chi connectivity index (χ0v) is 13.8. The Balaban J connectivity index is 2.31. The van der Waals surface area contributed by atoms with Gasteiger partial charge in [-0.15, -0.1) is 11.8 Å². The van der Waals surface area contributed by atoms with Crippen molar-refractivity contribution in [2.75, 3.05) is 17.6 Å². The zero-order chi connectivity index (χ0) is 16.5. The van der Waals surface area contributed by atoms with Crippen molar-refractivity contribution in [3.8, 4) is 0 Å². The minimum atomic E-state index is -0.201. The van der Waals surface area contributed by atoms with Crippen LogP contribution in [0.3, 0.4) is 0 Å². The number of amides is 3. The number of carbonyl (C=O) groups excluding carboxylic acids is 3. The highest BCUT2D eigenvalue weighted by atomic mass is 32.2. The fourth-order valence-corrected chi connectivity index (χ4v) is 2.32. The fraction of sp³-hybridized carbons (Fsp3) is 0.400. The van der Waals surface area contributed by atoms with Crippen LogP contribution < -0.4 is 16.0 Å². The van der Waals surface area contributed by atoms with Crippen molar-refractivity contribution in [3.63, 3.8) is 0 Å². The first-order valence-corrected chi connectivity index (χ1v) is 7.92. The number of nitrogens with one attached hydrogen (secondary N) is 3. The third kappa shape index (κ3) is 7.68. The standard InChI is InChI=1S/C15H21N3O3S/c1-10(2)17-14(20)8-16-15(21)9-22-13-6-4-12(5-7-13)18-11(3)19/h4-7,10H,8-9H2,1-3H3,(H,16,21)(H,17,20)(H,18,19). The number of rotatable bonds is 7. The lowest BCUT2D eigenvalue weighted by Gasteiger charge is -2.09. The van der Waals surface area contributed by atoms with Crippen LogP contribution in [0.1, 0.15) is 20.8 Å². The highest BCUT2D eigenvalue weighted by Gasteiger charge is 2.07. The number of thioether (sulfide) groups is 1. The molecule has 0 fully saturated rings. The minimum Gasteiger partial charge on any atom is -0.352 e. The van der Waals surface area contributed by atoms with Crippen molar-refractivity contribution in [1.29, 1.82) is 0 Å². The van der Waals surface area contributed by atoms with Crippen LogP contribution in [0.5, 0.6) is 0 Å². The van der Waals surface area contributed by atoms with Crippen molar-refractivity contribution in [2.24, 2.45) is 0 Å². The molecule has 3 amide bonds.